The maximum Gasteiger partial charge on any atom is 0.346 e. The van der Waals surface area contributed by atoms with Gasteiger partial charge in [0.1, 0.15) is 0 Å². The average Bonchev–Trinajstić information content (AvgIpc) is 3.53. The maximum absolute atomic E-state index is 12.9. The van der Waals surface area contributed by atoms with E-state index in [4.69, 9.17) is 16.0 Å². The van der Waals surface area contributed by atoms with Crippen LogP contribution in [0, 0.1) is 12.0 Å². The molecule has 2 fully saturated rings. The van der Waals surface area contributed by atoms with Crippen LogP contribution in [0.2, 0.25) is 0 Å². The number of aromatic nitrogens is 1. The third-order valence-corrected chi connectivity index (χ3v) is 7.83. The number of likely N-dealkylation sites (N-methyl/N-ethyl adjacent to an activating group) is 2. The number of pyridine rings is 1. The van der Waals surface area contributed by atoms with Crippen LogP contribution >= 0.6 is 0 Å². The van der Waals surface area contributed by atoms with Gasteiger partial charge in [-0.25, -0.2) is 4.79 Å². The SMILES string of the molecule is [C-]#[N+]c1ccc(C(=O)Nc2ccc(C3CN(C)C(=O)N(C)C3)nc2C2=CCC3(CCCC3)CC2)o1. The number of nitrogens with one attached hydrogen (secondary N) is 1. The van der Waals surface area contributed by atoms with E-state index in [0.717, 1.165) is 36.2 Å². The van der Waals surface area contributed by atoms with E-state index in [1.807, 2.05) is 26.2 Å². The zero-order valence-corrected chi connectivity index (χ0v) is 20.3. The smallest absolute Gasteiger partial charge is 0.346 e. The van der Waals surface area contributed by atoms with Gasteiger partial charge in [-0.05, 0) is 67.4 Å². The Morgan fingerprint density at radius 3 is 2.51 bits per heavy atom. The summed E-state index contributed by atoms with van der Waals surface area (Å²) in [5.74, 6) is -0.131. The fraction of sp³-hybridized carbons (Fsp3) is 0.481. The van der Waals surface area contributed by atoms with Crippen LogP contribution in [0.1, 0.15) is 72.8 Å². The van der Waals surface area contributed by atoms with Crippen LogP contribution in [0.15, 0.2) is 34.8 Å². The Hall–Kier alpha value is -3.60. The number of urea groups is 1. The lowest BCUT2D eigenvalue weighted by Gasteiger charge is -2.36. The van der Waals surface area contributed by atoms with Gasteiger partial charge in [-0.3, -0.25) is 9.78 Å². The topological polar surface area (TPSA) is 83.0 Å². The van der Waals surface area contributed by atoms with Crippen molar-refractivity contribution in [1.82, 2.24) is 14.8 Å². The Balaban J connectivity index is 1.46. The molecule has 8 nitrogen and oxygen atoms in total. The molecule has 1 saturated heterocycles. The molecule has 2 aliphatic carbocycles. The van der Waals surface area contributed by atoms with Crippen molar-refractivity contribution in [2.45, 2.75) is 50.9 Å². The maximum atomic E-state index is 12.9. The normalized spacial score (nSPS) is 20.1. The molecular weight excluding hydrogens is 442 g/mol. The number of furan rings is 1. The van der Waals surface area contributed by atoms with Gasteiger partial charge in [0, 0.05) is 38.8 Å². The lowest BCUT2D eigenvalue weighted by Crippen LogP contribution is -2.49. The van der Waals surface area contributed by atoms with Crippen molar-refractivity contribution < 1.29 is 14.0 Å². The summed E-state index contributed by atoms with van der Waals surface area (Å²) < 4.78 is 5.32. The Labute approximate surface area is 205 Å². The van der Waals surface area contributed by atoms with Crippen LogP contribution in [0.4, 0.5) is 16.4 Å². The van der Waals surface area contributed by atoms with E-state index in [2.05, 4.69) is 16.2 Å². The van der Waals surface area contributed by atoms with E-state index in [1.165, 1.54) is 37.8 Å². The molecule has 0 aromatic carbocycles. The fourth-order valence-corrected chi connectivity index (χ4v) is 5.83. The molecule has 0 bridgehead atoms. The van der Waals surface area contributed by atoms with E-state index < -0.39 is 5.91 Å². The van der Waals surface area contributed by atoms with E-state index in [-0.39, 0.29) is 23.6 Å². The molecule has 35 heavy (non-hydrogen) atoms. The first-order valence-electron chi connectivity index (χ1n) is 12.3. The molecule has 5 rings (SSSR count). The Morgan fingerprint density at radius 1 is 1.14 bits per heavy atom. The van der Waals surface area contributed by atoms with Gasteiger partial charge in [-0.1, -0.05) is 18.9 Å². The summed E-state index contributed by atoms with van der Waals surface area (Å²) in [7, 11) is 3.62. The number of carbonyl (C=O) groups is 2. The van der Waals surface area contributed by atoms with Crippen LogP contribution in [0.5, 0.6) is 0 Å². The largest absolute Gasteiger partial charge is 0.475 e. The molecule has 0 atom stereocenters. The first-order chi connectivity index (χ1) is 16.9. The van der Waals surface area contributed by atoms with Crippen molar-refractivity contribution >= 4 is 29.1 Å². The summed E-state index contributed by atoms with van der Waals surface area (Å²) in [6.45, 7) is 8.28. The summed E-state index contributed by atoms with van der Waals surface area (Å²) in [5.41, 5.74) is 3.95. The second-order valence-electron chi connectivity index (χ2n) is 10.2. The van der Waals surface area contributed by atoms with Crippen molar-refractivity contribution in [1.29, 1.82) is 0 Å². The third kappa shape index (κ3) is 4.55. The highest BCUT2D eigenvalue weighted by Crippen LogP contribution is 2.50. The van der Waals surface area contributed by atoms with Crippen molar-refractivity contribution in [3.8, 4) is 0 Å². The highest BCUT2D eigenvalue weighted by atomic mass is 16.4. The number of amides is 3. The van der Waals surface area contributed by atoms with Crippen LogP contribution in [0.25, 0.3) is 10.4 Å². The predicted molar refractivity (Wildman–Crippen MR) is 133 cm³/mol. The Bertz CT molecular complexity index is 1200. The van der Waals surface area contributed by atoms with Gasteiger partial charge < -0.3 is 19.5 Å². The van der Waals surface area contributed by atoms with Crippen molar-refractivity contribution in [2.24, 2.45) is 5.41 Å². The number of rotatable bonds is 4. The highest BCUT2D eigenvalue weighted by molar-refractivity contribution is 6.03. The van der Waals surface area contributed by atoms with Crippen LogP contribution < -0.4 is 5.32 Å². The molecule has 1 N–H and O–H groups in total. The van der Waals surface area contributed by atoms with Crippen molar-refractivity contribution in [2.75, 3.05) is 32.5 Å². The van der Waals surface area contributed by atoms with Crippen LogP contribution in [0.3, 0.4) is 0 Å². The van der Waals surface area contributed by atoms with E-state index in [1.54, 1.807) is 9.80 Å². The van der Waals surface area contributed by atoms with Crippen LogP contribution in [-0.2, 0) is 0 Å². The standard InChI is InChI=1S/C27H31N5O3/c1-28-23-9-8-22(35-23)25(33)30-21-7-6-20(19-16-31(2)26(34)32(3)17-19)29-24(21)18-10-14-27(15-11-18)12-4-5-13-27/h6-10,19H,4-5,11-17H2,2-3H3,(H,30,33). The van der Waals surface area contributed by atoms with Crippen molar-refractivity contribution in [3.63, 3.8) is 0 Å². The minimum absolute atomic E-state index is 0.0134. The lowest BCUT2D eigenvalue weighted by molar-refractivity contribution is 0.0997. The van der Waals surface area contributed by atoms with Gasteiger partial charge in [-0.15, -0.1) is 0 Å². The second-order valence-corrected chi connectivity index (χ2v) is 10.2. The van der Waals surface area contributed by atoms with Gasteiger partial charge in [0.2, 0.25) is 0 Å². The first-order valence-corrected chi connectivity index (χ1v) is 12.3. The van der Waals surface area contributed by atoms with Gasteiger partial charge in [0.05, 0.1) is 18.0 Å². The monoisotopic (exact) mass is 473 g/mol. The molecule has 2 aromatic rings. The number of hydrogen-bond donors (Lipinski definition) is 1. The quantitative estimate of drug-likeness (QED) is 0.579. The lowest BCUT2D eigenvalue weighted by atomic mass is 9.73. The summed E-state index contributed by atoms with van der Waals surface area (Å²) in [6, 6.07) is 6.87. The number of carbonyl (C=O) groups excluding carboxylic acids is 2. The molecule has 1 spiro atoms. The van der Waals surface area contributed by atoms with E-state index in [0.29, 0.717) is 24.2 Å². The number of allylic oxidation sites excluding steroid dienone is 2. The Morgan fingerprint density at radius 2 is 1.89 bits per heavy atom. The second kappa shape index (κ2) is 9.21. The summed E-state index contributed by atoms with van der Waals surface area (Å²) >= 11 is 0. The van der Waals surface area contributed by atoms with E-state index >= 15 is 0 Å². The molecule has 3 amide bonds. The highest BCUT2D eigenvalue weighted by Gasteiger charge is 2.36. The number of nitrogens with zero attached hydrogens (tertiary/aromatic N) is 4. The average molecular weight is 474 g/mol. The van der Waals surface area contributed by atoms with Crippen molar-refractivity contribution in [3.05, 3.63) is 58.9 Å². The first kappa shape index (κ1) is 23.2. The van der Waals surface area contributed by atoms with Gasteiger partial charge in [-0.2, -0.15) is 4.85 Å². The zero-order chi connectivity index (χ0) is 24.6. The molecule has 1 saturated carbocycles. The molecule has 2 aromatic heterocycles. The molecule has 3 heterocycles. The molecule has 182 valence electrons. The van der Waals surface area contributed by atoms with Gasteiger partial charge in [0.15, 0.2) is 5.76 Å². The van der Waals surface area contributed by atoms with Gasteiger partial charge >= 0.3 is 11.9 Å². The molecule has 8 heteroatoms. The summed E-state index contributed by atoms with van der Waals surface area (Å²) in [6.07, 6.45) is 10.7. The molecule has 0 unspecified atom stereocenters. The predicted octanol–water partition coefficient (Wildman–Crippen LogP) is 5.69. The van der Waals surface area contributed by atoms with E-state index in [9.17, 15) is 9.59 Å². The summed E-state index contributed by atoms with van der Waals surface area (Å²) in [5, 5.41) is 2.96. The fourth-order valence-electron chi connectivity index (χ4n) is 5.83. The number of anilines is 1. The molecule has 0 radical (unpaired) electrons. The minimum Gasteiger partial charge on any atom is -0.475 e. The molecular formula is C27H31N5O3. The minimum atomic E-state index is -0.401. The zero-order valence-electron chi connectivity index (χ0n) is 20.3. The molecule has 1 aliphatic heterocycles. The third-order valence-electron chi connectivity index (χ3n) is 7.83. The number of hydrogen-bond acceptors (Lipinski definition) is 4. The molecule has 3 aliphatic rings. The van der Waals surface area contributed by atoms with Crippen LogP contribution in [-0.4, -0.2) is 53.9 Å². The Kier molecular flexibility index (Phi) is 6.10. The summed E-state index contributed by atoms with van der Waals surface area (Å²) in [4.78, 5) is 36.9. The van der Waals surface area contributed by atoms with Gasteiger partial charge in [0.25, 0.3) is 5.91 Å².